The van der Waals surface area contributed by atoms with E-state index in [-0.39, 0.29) is 29.2 Å². The summed E-state index contributed by atoms with van der Waals surface area (Å²) in [5.41, 5.74) is 5.84. The number of sulfonamides is 1. The Kier molecular flexibility index (Phi) is 4.02. The second-order valence-electron chi connectivity index (χ2n) is 5.03. The third-order valence-electron chi connectivity index (χ3n) is 3.20. The van der Waals surface area contributed by atoms with Gasteiger partial charge in [0.1, 0.15) is 4.90 Å². The number of aromatic nitrogens is 1. The Hall–Kier alpha value is -1.58. The normalized spacial score (nSPS) is 24.5. The summed E-state index contributed by atoms with van der Waals surface area (Å²) < 4.78 is 26.2. The van der Waals surface area contributed by atoms with Crippen LogP contribution in [0.1, 0.15) is 13.3 Å². The summed E-state index contributed by atoms with van der Waals surface area (Å²) >= 11 is 0. The van der Waals surface area contributed by atoms with E-state index in [4.69, 9.17) is 5.73 Å². The predicted molar refractivity (Wildman–Crippen MR) is 71.4 cm³/mol. The predicted octanol–water partition coefficient (Wildman–Crippen LogP) is 0.348. The molecule has 2 N–H and O–H groups in total. The number of rotatable bonds is 3. The molecule has 2 heterocycles. The van der Waals surface area contributed by atoms with Crippen LogP contribution in [-0.4, -0.2) is 41.8 Å². The van der Waals surface area contributed by atoms with Gasteiger partial charge in [0.15, 0.2) is 6.20 Å². The Morgan fingerprint density at radius 1 is 1.45 bits per heavy atom. The van der Waals surface area contributed by atoms with Crippen LogP contribution in [0.25, 0.3) is 0 Å². The monoisotopic (exact) mass is 300 g/mol. The molecule has 1 fully saturated rings. The van der Waals surface area contributed by atoms with Crippen LogP contribution in [0, 0.1) is 16.0 Å². The van der Waals surface area contributed by atoms with E-state index in [1.165, 1.54) is 10.4 Å². The fourth-order valence-corrected chi connectivity index (χ4v) is 3.89. The molecule has 110 valence electrons. The zero-order chi connectivity index (χ0) is 14.9. The Morgan fingerprint density at radius 3 is 2.65 bits per heavy atom. The SMILES string of the molecule is CC1CC(N)CN(S(=O)(=O)c2ccc([N+](=O)[O-])nc2)C1. The molecule has 0 spiro atoms. The first-order valence-electron chi connectivity index (χ1n) is 6.17. The van der Waals surface area contributed by atoms with Crippen molar-refractivity contribution in [2.45, 2.75) is 24.3 Å². The fraction of sp³-hybridized carbons (Fsp3) is 0.545. The lowest BCUT2D eigenvalue weighted by atomic mass is 9.99. The van der Waals surface area contributed by atoms with Gasteiger partial charge in [0, 0.05) is 25.2 Å². The smallest absolute Gasteiger partial charge is 0.358 e. The number of hydrogen-bond acceptors (Lipinski definition) is 6. The lowest BCUT2D eigenvalue weighted by molar-refractivity contribution is -0.389. The van der Waals surface area contributed by atoms with Gasteiger partial charge in [0.2, 0.25) is 10.0 Å². The Labute approximate surface area is 116 Å². The molecule has 20 heavy (non-hydrogen) atoms. The summed E-state index contributed by atoms with van der Waals surface area (Å²) in [4.78, 5) is 13.3. The third kappa shape index (κ3) is 2.94. The molecule has 0 radical (unpaired) electrons. The minimum Gasteiger partial charge on any atom is -0.358 e. The van der Waals surface area contributed by atoms with E-state index in [0.29, 0.717) is 6.54 Å². The molecule has 0 saturated carbocycles. The van der Waals surface area contributed by atoms with Crippen molar-refractivity contribution in [1.29, 1.82) is 0 Å². The van der Waals surface area contributed by atoms with Gasteiger partial charge in [-0.05, 0) is 28.3 Å². The highest BCUT2D eigenvalue weighted by molar-refractivity contribution is 7.89. The average Bonchev–Trinajstić information content (AvgIpc) is 2.37. The molecule has 0 aromatic carbocycles. The van der Waals surface area contributed by atoms with Crippen molar-refractivity contribution in [1.82, 2.24) is 9.29 Å². The first-order chi connectivity index (χ1) is 9.30. The summed E-state index contributed by atoms with van der Waals surface area (Å²) in [6, 6.07) is 2.09. The molecule has 0 bridgehead atoms. The number of hydrogen-bond donors (Lipinski definition) is 1. The number of nitrogens with two attached hydrogens (primary N) is 1. The summed E-state index contributed by atoms with van der Waals surface area (Å²) in [6.45, 7) is 2.59. The minimum atomic E-state index is -3.70. The summed E-state index contributed by atoms with van der Waals surface area (Å²) in [6.07, 6.45) is 1.79. The van der Waals surface area contributed by atoms with E-state index in [0.717, 1.165) is 18.7 Å². The minimum absolute atomic E-state index is 0.0515. The highest BCUT2D eigenvalue weighted by Crippen LogP contribution is 2.23. The van der Waals surface area contributed by atoms with Crippen LogP contribution in [0.5, 0.6) is 0 Å². The van der Waals surface area contributed by atoms with Crippen LogP contribution in [0.15, 0.2) is 23.2 Å². The van der Waals surface area contributed by atoms with Gasteiger partial charge in [-0.1, -0.05) is 6.92 Å². The van der Waals surface area contributed by atoms with Crippen LogP contribution in [0.3, 0.4) is 0 Å². The Morgan fingerprint density at radius 2 is 2.15 bits per heavy atom. The highest BCUT2D eigenvalue weighted by atomic mass is 32.2. The fourth-order valence-electron chi connectivity index (χ4n) is 2.33. The molecule has 2 unspecified atom stereocenters. The van der Waals surface area contributed by atoms with E-state index in [1.54, 1.807) is 0 Å². The number of nitro groups is 1. The average molecular weight is 300 g/mol. The third-order valence-corrected chi connectivity index (χ3v) is 5.02. The van der Waals surface area contributed by atoms with Crippen molar-refractivity contribution in [2.24, 2.45) is 11.7 Å². The summed E-state index contributed by atoms with van der Waals surface area (Å²) in [5.74, 6) is -0.202. The second kappa shape index (κ2) is 5.43. The molecule has 1 saturated heterocycles. The van der Waals surface area contributed by atoms with Gasteiger partial charge >= 0.3 is 5.82 Å². The number of piperidine rings is 1. The zero-order valence-corrected chi connectivity index (χ0v) is 11.8. The Bertz CT molecular complexity index is 591. The van der Waals surface area contributed by atoms with Gasteiger partial charge in [-0.25, -0.2) is 8.42 Å². The zero-order valence-electron chi connectivity index (χ0n) is 11.0. The van der Waals surface area contributed by atoms with Crippen LogP contribution >= 0.6 is 0 Å². The standard InChI is InChI=1S/C11H16N4O4S/c1-8-4-9(12)7-14(6-8)20(18,19)10-2-3-11(13-5-10)15(16)17/h2-3,5,8-9H,4,6-7,12H2,1H3. The van der Waals surface area contributed by atoms with E-state index in [1.807, 2.05) is 6.92 Å². The first kappa shape index (κ1) is 14.8. The van der Waals surface area contributed by atoms with Gasteiger partial charge < -0.3 is 15.8 Å². The molecular weight excluding hydrogens is 284 g/mol. The molecule has 8 nitrogen and oxygen atoms in total. The van der Waals surface area contributed by atoms with Crippen molar-refractivity contribution in [2.75, 3.05) is 13.1 Å². The van der Waals surface area contributed by atoms with Crippen molar-refractivity contribution >= 4 is 15.8 Å². The molecule has 1 aliphatic heterocycles. The first-order valence-corrected chi connectivity index (χ1v) is 7.61. The molecule has 1 aromatic rings. The van der Waals surface area contributed by atoms with Gasteiger partial charge in [0.05, 0.1) is 0 Å². The van der Waals surface area contributed by atoms with E-state index in [2.05, 4.69) is 4.98 Å². The van der Waals surface area contributed by atoms with Crippen LogP contribution in [-0.2, 0) is 10.0 Å². The van der Waals surface area contributed by atoms with Crippen LogP contribution < -0.4 is 5.73 Å². The maximum atomic E-state index is 12.4. The molecule has 0 amide bonds. The van der Waals surface area contributed by atoms with Gasteiger partial charge in [-0.3, -0.25) is 0 Å². The van der Waals surface area contributed by atoms with Crippen LogP contribution in [0.2, 0.25) is 0 Å². The number of nitrogens with zero attached hydrogens (tertiary/aromatic N) is 3. The largest absolute Gasteiger partial charge is 0.363 e. The number of pyridine rings is 1. The van der Waals surface area contributed by atoms with Crippen LogP contribution in [0.4, 0.5) is 5.82 Å². The Balaban J connectivity index is 2.27. The molecule has 9 heteroatoms. The van der Waals surface area contributed by atoms with E-state index in [9.17, 15) is 18.5 Å². The molecule has 2 rings (SSSR count). The van der Waals surface area contributed by atoms with Gasteiger partial charge in [-0.2, -0.15) is 4.31 Å². The highest BCUT2D eigenvalue weighted by Gasteiger charge is 2.32. The van der Waals surface area contributed by atoms with Crippen molar-refractivity contribution in [3.05, 3.63) is 28.4 Å². The van der Waals surface area contributed by atoms with Crippen molar-refractivity contribution < 1.29 is 13.3 Å². The second-order valence-corrected chi connectivity index (χ2v) is 6.97. The topological polar surface area (TPSA) is 119 Å². The van der Waals surface area contributed by atoms with Gasteiger partial charge in [0.25, 0.3) is 0 Å². The summed E-state index contributed by atoms with van der Waals surface area (Å²) in [7, 11) is -3.70. The maximum Gasteiger partial charge on any atom is 0.363 e. The van der Waals surface area contributed by atoms with E-state index >= 15 is 0 Å². The molecular formula is C11H16N4O4S. The molecule has 1 aromatic heterocycles. The maximum absolute atomic E-state index is 12.4. The quantitative estimate of drug-likeness (QED) is 0.635. The lowest BCUT2D eigenvalue weighted by Gasteiger charge is -2.33. The molecule has 0 aliphatic carbocycles. The van der Waals surface area contributed by atoms with Crippen molar-refractivity contribution in [3.63, 3.8) is 0 Å². The van der Waals surface area contributed by atoms with E-state index < -0.39 is 14.9 Å². The lowest BCUT2D eigenvalue weighted by Crippen LogP contribution is -2.48. The molecule has 2 atom stereocenters. The molecule has 1 aliphatic rings. The van der Waals surface area contributed by atoms with Gasteiger partial charge in [-0.15, -0.1) is 0 Å². The summed E-state index contributed by atoms with van der Waals surface area (Å²) in [5, 5.41) is 10.5. The van der Waals surface area contributed by atoms with Crippen molar-refractivity contribution in [3.8, 4) is 0 Å².